The average Bonchev–Trinajstić information content (AvgIpc) is 2.39. The topological polar surface area (TPSA) is 58.6 Å². The minimum absolute atomic E-state index is 0.0852. The molecular formula is C15H22FNO3. The molecule has 0 heterocycles. The van der Waals surface area contributed by atoms with Crippen LogP contribution in [-0.4, -0.2) is 30.3 Å². The molecule has 0 fully saturated rings. The molecule has 5 heteroatoms. The van der Waals surface area contributed by atoms with E-state index in [2.05, 4.69) is 5.32 Å². The van der Waals surface area contributed by atoms with Gasteiger partial charge in [0.1, 0.15) is 0 Å². The minimum atomic E-state index is -0.444. The fourth-order valence-electron chi connectivity index (χ4n) is 1.86. The summed E-state index contributed by atoms with van der Waals surface area (Å²) in [4.78, 5) is 11.7. The van der Waals surface area contributed by atoms with Crippen LogP contribution in [0.15, 0.2) is 24.3 Å². The predicted octanol–water partition coefficient (Wildman–Crippen LogP) is 2.12. The van der Waals surface area contributed by atoms with Crippen LogP contribution < -0.4 is 10.1 Å². The van der Waals surface area contributed by atoms with Crippen molar-refractivity contribution in [2.45, 2.75) is 32.7 Å². The number of aliphatic hydroxyl groups excluding tert-OH is 1. The van der Waals surface area contributed by atoms with Crippen molar-refractivity contribution in [2.75, 3.05) is 13.2 Å². The van der Waals surface area contributed by atoms with Gasteiger partial charge in [0.25, 0.3) is 0 Å². The minimum Gasteiger partial charge on any atom is -0.490 e. The first-order chi connectivity index (χ1) is 9.52. The number of amides is 1. The third-order valence-corrected chi connectivity index (χ3v) is 2.76. The summed E-state index contributed by atoms with van der Waals surface area (Å²) in [5.41, 5.74) is 0. The van der Waals surface area contributed by atoms with Gasteiger partial charge in [0, 0.05) is 0 Å². The Morgan fingerprint density at radius 3 is 2.70 bits per heavy atom. The molecule has 0 spiro atoms. The Morgan fingerprint density at radius 2 is 2.10 bits per heavy atom. The number of para-hydroxylation sites is 1. The molecular weight excluding hydrogens is 261 g/mol. The van der Waals surface area contributed by atoms with Crippen LogP contribution in [-0.2, 0) is 4.79 Å². The summed E-state index contributed by atoms with van der Waals surface area (Å²) in [6.07, 6.45) is 0.847. The molecule has 20 heavy (non-hydrogen) atoms. The van der Waals surface area contributed by atoms with Gasteiger partial charge in [-0.1, -0.05) is 26.0 Å². The van der Waals surface area contributed by atoms with Crippen molar-refractivity contribution in [1.82, 2.24) is 5.32 Å². The van der Waals surface area contributed by atoms with Crippen molar-refractivity contribution < 1.29 is 19.0 Å². The first-order valence-electron chi connectivity index (χ1n) is 6.80. The van der Waals surface area contributed by atoms with E-state index in [1.54, 1.807) is 12.1 Å². The van der Waals surface area contributed by atoms with E-state index in [1.165, 1.54) is 12.1 Å². The number of carbonyl (C=O) groups is 1. The van der Waals surface area contributed by atoms with Crippen LogP contribution >= 0.6 is 0 Å². The predicted molar refractivity (Wildman–Crippen MR) is 75.0 cm³/mol. The third kappa shape index (κ3) is 6.02. The maximum absolute atomic E-state index is 13.3. The summed E-state index contributed by atoms with van der Waals surface area (Å²) < 4.78 is 18.5. The SMILES string of the molecule is CC(C)CC(CO)NC(=O)CCOc1ccccc1F. The molecule has 1 aromatic carbocycles. The zero-order valence-electron chi connectivity index (χ0n) is 11.9. The number of hydrogen-bond acceptors (Lipinski definition) is 3. The van der Waals surface area contributed by atoms with E-state index in [9.17, 15) is 9.18 Å². The molecule has 1 atom stereocenters. The second-order valence-electron chi connectivity index (χ2n) is 5.11. The van der Waals surface area contributed by atoms with E-state index in [4.69, 9.17) is 9.84 Å². The number of nitrogens with one attached hydrogen (secondary N) is 1. The van der Waals surface area contributed by atoms with Gasteiger partial charge < -0.3 is 15.2 Å². The molecule has 4 nitrogen and oxygen atoms in total. The van der Waals surface area contributed by atoms with Crippen molar-refractivity contribution in [3.8, 4) is 5.75 Å². The van der Waals surface area contributed by atoms with Gasteiger partial charge >= 0.3 is 0 Å². The van der Waals surface area contributed by atoms with Gasteiger partial charge in [-0.15, -0.1) is 0 Å². The first kappa shape index (κ1) is 16.4. The van der Waals surface area contributed by atoms with Crippen molar-refractivity contribution >= 4 is 5.91 Å². The van der Waals surface area contributed by atoms with Crippen molar-refractivity contribution in [3.63, 3.8) is 0 Å². The molecule has 112 valence electrons. The van der Waals surface area contributed by atoms with E-state index in [0.717, 1.165) is 6.42 Å². The maximum Gasteiger partial charge on any atom is 0.223 e. The first-order valence-corrected chi connectivity index (χ1v) is 6.80. The fraction of sp³-hybridized carbons (Fsp3) is 0.533. The Hall–Kier alpha value is -1.62. The zero-order chi connectivity index (χ0) is 15.0. The standard InChI is InChI=1S/C15H22FNO3/c1-11(2)9-12(10-18)17-15(19)7-8-20-14-6-4-3-5-13(14)16/h3-6,11-12,18H,7-10H2,1-2H3,(H,17,19). The van der Waals surface area contributed by atoms with E-state index >= 15 is 0 Å². The van der Waals surface area contributed by atoms with Gasteiger partial charge in [-0.3, -0.25) is 4.79 Å². The summed E-state index contributed by atoms with van der Waals surface area (Å²) in [5.74, 6) is -0.120. The number of ether oxygens (including phenoxy) is 1. The molecule has 0 aliphatic carbocycles. The Kier molecular flexibility index (Phi) is 7.01. The molecule has 1 amide bonds. The van der Waals surface area contributed by atoms with E-state index in [-0.39, 0.29) is 37.3 Å². The van der Waals surface area contributed by atoms with Gasteiger partial charge in [-0.25, -0.2) is 4.39 Å². The quantitative estimate of drug-likeness (QED) is 0.768. The Bertz CT molecular complexity index is 423. The largest absolute Gasteiger partial charge is 0.490 e. The van der Waals surface area contributed by atoms with Crippen LogP contribution in [0.5, 0.6) is 5.75 Å². The van der Waals surface area contributed by atoms with Gasteiger partial charge in [0.2, 0.25) is 5.91 Å². The lowest BCUT2D eigenvalue weighted by molar-refractivity contribution is -0.122. The second-order valence-corrected chi connectivity index (χ2v) is 5.11. The van der Waals surface area contributed by atoms with Gasteiger partial charge in [-0.2, -0.15) is 0 Å². The van der Waals surface area contributed by atoms with E-state index in [1.807, 2.05) is 13.8 Å². The van der Waals surface area contributed by atoms with Crippen molar-refractivity contribution in [1.29, 1.82) is 0 Å². The summed E-state index contributed by atoms with van der Waals surface area (Å²) in [6, 6.07) is 5.83. The highest BCUT2D eigenvalue weighted by Crippen LogP contribution is 2.15. The number of halogens is 1. The van der Waals surface area contributed by atoms with Crippen LogP contribution in [0.25, 0.3) is 0 Å². The molecule has 0 saturated carbocycles. The molecule has 1 unspecified atom stereocenters. The lowest BCUT2D eigenvalue weighted by atomic mass is 10.0. The molecule has 0 aliphatic heterocycles. The lowest BCUT2D eigenvalue weighted by Crippen LogP contribution is -2.38. The van der Waals surface area contributed by atoms with Crippen LogP contribution in [0.4, 0.5) is 4.39 Å². The number of benzene rings is 1. The monoisotopic (exact) mass is 283 g/mol. The summed E-state index contributed by atoms with van der Waals surface area (Å²) >= 11 is 0. The molecule has 0 bridgehead atoms. The van der Waals surface area contributed by atoms with Crippen molar-refractivity contribution in [3.05, 3.63) is 30.1 Å². The molecule has 0 saturated heterocycles. The number of aliphatic hydroxyl groups is 1. The smallest absolute Gasteiger partial charge is 0.223 e. The van der Waals surface area contributed by atoms with Gasteiger partial charge in [0.15, 0.2) is 11.6 Å². The van der Waals surface area contributed by atoms with Crippen LogP contribution in [0.3, 0.4) is 0 Å². The maximum atomic E-state index is 13.3. The molecule has 0 radical (unpaired) electrons. The highest BCUT2D eigenvalue weighted by atomic mass is 19.1. The summed E-state index contributed by atoms with van der Waals surface area (Å²) in [7, 11) is 0. The normalized spacial score (nSPS) is 12.2. The van der Waals surface area contributed by atoms with Gasteiger partial charge in [0.05, 0.1) is 25.7 Å². The Balaban J connectivity index is 2.31. The second kappa shape index (κ2) is 8.53. The highest BCUT2D eigenvalue weighted by Gasteiger charge is 2.13. The molecule has 1 aromatic rings. The van der Waals surface area contributed by atoms with E-state index < -0.39 is 5.82 Å². The Morgan fingerprint density at radius 1 is 1.40 bits per heavy atom. The van der Waals surface area contributed by atoms with Crippen LogP contribution in [0.1, 0.15) is 26.7 Å². The average molecular weight is 283 g/mol. The summed E-state index contributed by atoms with van der Waals surface area (Å²) in [6.45, 7) is 4.07. The third-order valence-electron chi connectivity index (χ3n) is 2.76. The highest BCUT2D eigenvalue weighted by molar-refractivity contribution is 5.76. The Labute approximate surface area is 119 Å². The van der Waals surface area contributed by atoms with Crippen molar-refractivity contribution in [2.24, 2.45) is 5.92 Å². The van der Waals surface area contributed by atoms with E-state index in [0.29, 0.717) is 5.92 Å². The van der Waals surface area contributed by atoms with Crippen LogP contribution in [0.2, 0.25) is 0 Å². The number of rotatable bonds is 8. The number of carbonyl (C=O) groups excluding carboxylic acids is 1. The fourth-order valence-corrected chi connectivity index (χ4v) is 1.86. The molecule has 0 aliphatic rings. The van der Waals surface area contributed by atoms with Crippen LogP contribution in [0, 0.1) is 11.7 Å². The molecule has 1 rings (SSSR count). The zero-order valence-corrected chi connectivity index (χ0v) is 11.9. The number of hydrogen-bond donors (Lipinski definition) is 2. The molecule has 2 N–H and O–H groups in total. The van der Waals surface area contributed by atoms with Gasteiger partial charge in [-0.05, 0) is 24.5 Å². The lowest BCUT2D eigenvalue weighted by Gasteiger charge is -2.18. The molecule has 0 aromatic heterocycles. The summed E-state index contributed by atoms with van der Waals surface area (Å²) in [5, 5.41) is 11.9.